The Morgan fingerprint density at radius 1 is 0.625 bits per heavy atom. The monoisotopic (exact) mass is 338 g/mol. The molecule has 0 unspecified atom stereocenters. The van der Waals surface area contributed by atoms with Crippen molar-refractivity contribution in [3.05, 3.63) is 12.2 Å². The topological polar surface area (TPSA) is 37.3 Å². The maximum absolute atomic E-state index is 10.4. The van der Waals surface area contributed by atoms with Gasteiger partial charge in [0.1, 0.15) is 0 Å². The number of unbranched alkanes of at least 4 members (excludes halogenated alkanes) is 15. The van der Waals surface area contributed by atoms with Crippen LogP contribution in [0.5, 0.6) is 0 Å². The van der Waals surface area contributed by atoms with E-state index in [-0.39, 0.29) is 0 Å². The zero-order valence-corrected chi connectivity index (χ0v) is 16.2. The predicted octanol–water partition coefficient (Wildman–Crippen LogP) is 7.67. The van der Waals surface area contributed by atoms with Gasteiger partial charge in [0.25, 0.3) is 0 Å². The van der Waals surface area contributed by atoms with Crippen molar-refractivity contribution in [1.82, 2.24) is 0 Å². The first kappa shape index (κ1) is 23.2. The van der Waals surface area contributed by atoms with Crippen molar-refractivity contribution in [2.75, 3.05) is 0 Å². The zero-order chi connectivity index (χ0) is 17.7. The summed E-state index contributed by atoms with van der Waals surface area (Å²) >= 11 is 0. The summed E-state index contributed by atoms with van der Waals surface area (Å²) in [4.78, 5) is 10.4. The SMILES string of the molecule is CC/C=C\CCCCCCCCCCCCCCCCCC(=O)O. The summed E-state index contributed by atoms with van der Waals surface area (Å²) < 4.78 is 0. The molecule has 0 atom stereocenters. The smallest absolute Gasteiger partial charge is 0.303 e. The van der Waals surface area contributed by atoms with Gasteiger partial charge in [0.2, 0.25) is 0 Å². The van der Waals surface area contributed by atoms with Gasteiger partial charge in [-0.1, -0.05) is 103 Å². The molecule has 142 valence electrons. The Hall–Kier alpha value is -0.790. The summed E-state index contributed by atoms with van der Waals surface area (Å²) in [6.45, 7) is 2.20. The van der Waals surface area contributed by atoms with Crippen molar-refractivity contribution in [2.45, 2.75) is 122 Å². The van der Waals surface area contributed by atoms with E-state index in [9.17, 15) is 4.79 Å². The number of allylic oxidation sites excluding steroid dienone is 2. The van der Waals surface area contributed by atoms with Crippen LogP contribution < -0.4 is 0 Å². The average Bonchev–Trinajstić information content (AvgIpc) is 2.56. The summed E-state index contributed by atoms with van der Waals surface area (Å²) in [5.41, 5.74) is 0. The molecule has 0 aromatic heterocycles. The summed E-state index contributed by atoms with van der Waals surface area (Å²) in [5.74, 6) is -0.654. The van der Waals surface area contributed by atoms with Gasteiger partial charge in [-0.2, -0.15) is 0 Å². The molecule has 0 spiro atoms. The fraction of sp³-hybridized carbons (Fsp3) is 0.864. The maximum atomic E-state index is 10.4. The van der Waals surface area contributed by atoms with Crippen LogP contribution in [0, 0.1) is 0 Å². The Labute approximate surface area is 151 Å². The van der Waals surface area contributed by atoms with E-state index in [1.54, 1.807) is 0 Å². The van der Waals surface area contributed by atoms with Crippen LogP contribution in [0.4, 0.5) is 0 Å². The molecule has 0 heterocycles. The first-order valence-electron chi connectivity index (χ1n) is 10.6. The number of carbonyl (C=O) groups is 1. The third-order valence-corrected chi connectivity index (χ3v) is 4.66. The molecule has 0 saturated carbocycles. The molecule has 2 heteroatoms. The quantitative estimate of drug-likeness (QED) is 0.194. The number of carboxylic acid groups (broad SMARTS) is 1. The van der Waals surface area contributed by atoms with Crippen LogP contribution in [0.3, 0.4) is 0 Å². The number of aliphatic carboxylic acids is 1. The normalized spacial score (nSPS) is 11.4. The molecule has 0 aliphatic heterocycles. The molecule has 0 saturated heterocycles. The Morgan fingerprint density at radius 3 is 1.38 bits per heavy atom. The lowest BCUT2D eigenvalue weighted by molar-refractivity contribution is -0.137. The maximum Gasteiger partial charge on any atom is 0.303 e. The van der Waals surface area contributed by atoms with Gasteiger partial charge in [-0.3, -0.25) is 4.79 Å². The molecule has 0 bridgehead atoms. The molecule has 0 fully saturated rings. The summed E-state index contributed by atoms with van der Waals surface area (Å²) in [7, 11) is 0. The highest BCUT2D eigenvalue weighted by Gasteiger charge is 1.97. The second-order valence-corrected chi connectivity index (χ2v) is 7.12. The second-order valence-electron chi connectivity index (χ2n) is 7.12. The van der Waals surface area contributed by atoms with Gasteiger partial charge < -0.3 is 5.11 Å². The van der Waals surface area contributed by atoms with E-state index in [2.05, 4.69) is 19.1 Å². The Morgan fingerprint density at radius 2 is 1.00 bits per heavy atom. The minimum absolute atomic E-state index is 0.343. The van der Waals surface area contributed by atoms with Gasteiger partial charge in [-0.25, -0.2) is 0 Å². The van der Waals surface area contributed by atoms with Crippen molar-refractivity contribution >= 4 is 5.97 Å². The molecule has 24 heavy (non-hydrogen) atoms. The highest BCUT2D eigenvalue weighted by atomic mass is 16.4. The van der Waals surface area contributed by atoms with Gasteiger partial charge in [0.15, 0.2) is 0 Å². The lowest BCUT2D eigenvalue weighted by atomic mass is 10.0. The Kier molecular flexibility index (Phi) is 19.6. The molecule has 0 amide bonds. The van der Waals surface area contributed by atoms with E-state index in [1.165, 1.54) is 96.3 Å². The standard InChI is InChI=1S/C22H42O2/c1-2-3-4-5-6-7-8-9-10-11-12-13-14-15-16-17-18-19-20-21-22(23)24/h3-4H,2,5-21H2,1H3,(H,23,24)/b4-3-. The fourth-order valence-corrected chi connectivity index (χ4v) is 3.12. The van der Waals surface area contributed by atoms with E-state index in [0.29, 0.717) is 6.42 Å². The third-order valence-electron chi connectivity index (χ3n) is 4.66. The third kappa shape index (κ3) is 21.2. The van der Waals surface area contributed by atoms with Crippen molar-refractivity contribution in [1.29, 1.82) is 0 Å². The van der Waals surface area contributed by atoms with Crippen LogP contribution in [-0.4, -0.2) is 11.1 Å². The number of hydrogen-bond acceptors (Lipinski definition) is 1. The largest absolute Gasteiger partial charge is 0.481 e. The van der Waals surface area contributed by atoms with Crippen LogP contribution in [0.25, 0.3) is 0 Å². The van der Waals surface area contributed by atoms with Crippen LogP contribution in [0.1, 0.15) is 122 Å². The van der Waals surface area contributed by atoms with Gasteiger partial charge in [0.05, 0.1) is 0 Å². The van der Waals surface area contributed by atoms with Crippen molar-refractivity contribution in [3.8, 4) is 0 Å². The number of carboxylic acids is 1. The molecule has 0 aliphatic carbocycles. The minimum Gasteiger partial charge on any atom is -0.481 e. The van der Waals surface area contributed by atoms with Crippen molar-refractivity contribution < 1.29 is 9.90 Å². The van der Waals surface area contributed by atoms with Crippen LogP contribution >= 0.6 is 0 Å². The minimum atomic E-state index is -0.654. The molecule has 0 aromatic rings. The lowest BCUT2D eigenvalue weighted by Crippen LogP contribution is -1.93. The molecule has 0 rings (SSSR count). The van der Waals surface area contributed by atoms with Gasteiger partial charge in [-0.15, -0.1) is 0 Å². The van der Waals surface area contributed by atoms with Crippen LogP contribution in [-0.2, 0) is 4.79 Å². The van der Waals surface area contributed by atoms with Crippen LogP contribution in [0.2, 0.25) is 0 Å². The highest BCUT2D eigenvalue weighted by molar-refractivity contribution is 5.66. The Bertz CT molecular complexity index is 284. The molecule has 1 N–H and O–H groups in total. The highest BCUT2D eigenvalue weighted by Crippen LogP contribution is 2.14. The molecule has 2 nitrogen and oxygen atoms in total. The van der Waals surface area contributed by atoms with Crippen molar-refractivity contribution in [2.24, 2.45) is 0 Å². The molecule has 0 radical (unpaired) electrons. The molecular formula is C22H42O2. The zero-order valence-electron chi connectivity index (χ0n) is 16.2. The second kappa shape index (κ2) is 20.3. The van der Waals surface area contributed by atoms with Gasteiger partial charge in [-0.05, 0) is 25.7 Å². The summed E-state index contributed by atoms with van der Waals surface area (Å²) in [5, 5.41) is 8.55. The van der Waals surface area contributed by atoms with E-state index >= 15 is 0 Å². The Balaban J connectivity index is 3.00. The van der Waals surface area contributed by atoms with Crippen molar-refractivity contribution in [3.63, 3.8) is 0 Å². The van der Waals surface area contributed by atoms with E-state index < -0.39 is 5.97 Å². The average molecular weight is 339 g/mol. The predicted molar refractivity (Wildman–Crippen MR) is 106 cm³/mol. The first-order valence-corrected chi connectivity index (χ1v) is 10.6. The van der Waals surface area contributed by atoms with Gasteiger partial charge in [0, 0.05) is 6.42 Å². The molecule has 0 aliphatic rings. The summed E-state index contributed by atoms with van der Waals surface area (Å²) in [6.07, 6.45) is 27.2. The number of hydrogen-bond donors (Lipinski definition) is 1. The van der Waals surface area contributed by atoms with Crippen LogP contribution in [0.15, 0.2) is 12.2 Å². The van der Waals surface area contributed by atoms with E-state index in [4.69, 9.17) is 5.11 Å². The van der Waals surface area contributed by atoms with E-state index in [0.717, 1.165) is 12.8 Å². The first-order chi connectivity index (χ1) is 11.8. The van der Waals surface area contributed by atoms with Gasteiger partial charge >= 0.3 is 5.97 Å². The fourth-order valence-electron chi connectivity index (χ4n) is 3.12. The summed E-state index contributed by atoms with van der Waals surface area (Å²) in [6, 6.07) is 0. The number of rotatable bonds is 19. The molecular weight excluding hydrogens is 296 g/mol. The van der Waals surface area contributed by atoms with E-state index in [1.807, 2.05) is 0 Å². The molecule has 0 aromatic carbocycles. The lowest BCUT2D eigenvalue weighted by Gasteiger charge is -2.03.